The fourth-order valence-electron chi connectivity index (χ4n) is 0.793. The quantitative estimate of drug-likeness (QED) is 0.242. The highest BCUT2D eigenvalue weighted by molar-refractivity contribution is 5.95. The third-order valence-corrected chi connectivity index (χ3v) is 1.43. The van der Waals surface area contributed by atoms with Gasteiger partial charge in [0.05, 0.1) is 0 Å². The van der Waals surface area contributed by atoms with E-state index in [4.69, 9.17) is 16.7 Å². The van der Waals surface area contributed by atoms with Crippen molar-refractivity contribution in [3.8, 4) is 0 Å². The maximum Gasteiger partial charge on any atom is 0.188 e. The summed E-state index contributed by atoms with van der Waals surface area (Å²) in [5.74, 6) is -0.00898. The van der Waals surface area contributed by atoms with E-state index in [9.17, 15) is 0 Å². The first-order valence-electron chi connectivity index (χ1n) is 3.41. The number of nitrogens with two attached hydrogens (primary N) is 2. The lowest BCUT2D eigenvalue weighted by Crippen LogP contribution is -2.15. The molecule has 0 unspecified atom stereocenters. The Labute approximate surface area is 69.7 Å². The molecule has 1 heterocycles. The maximum absolute atomic E-state index is 8.34. The smallest absolute Gasteiger partial charge is 0.188 e. The van der Waals surface area contributed by atoms with Crippen LogP contribution in [0.2, 0.25) is 0 Å². The van der Waals surface area contributed by atoms with Gasteiger partial charge in [0.15, 0.2) is 5.84 Å². The van der Waals surface area contributed by atoms with E-state index in [0.717, 1.165) is 5.56 Å². The lowest BCUT2D eigenvalue weighted by atomic mass is 10.2. The van der Waals surface area contributed by atoms with Gasteiger partial charge in [0.1, 0.15) is 5.69 Å². The molecule has 0 fully saturated rings. The van der Waals surface area contributed by atoms with Crippen molar-refractivity contribution in [2.24, 2.45) is 16.6 Å². The van der Waals surface area contributed by atoms with Crippen molar-refractivity contribution in [2.75, 3.05) is 0 Å². The molecule has 0 spiro atoms. The highest BCUT2D eigenvalue weighted by Crippen LogP contribution is 1.99. The Kier molecular flexibility index (Phi) is 2.60. The Hall–Kier alpha value is -1.62. The SMILES string of the molecule is NCc1ccnc(C(N)=NO)c1. The molecule has 64 valence electrons. The lowest BCUT2D eigenvalue weighted by molar-refractivity contribution is 0.318. The second kappa shape index (κ2) is 3.68. The third kappa shape index (κ3) is 1.70. The Morgan fingerprint density at radius 3 is 3.00 bits per heavy atom. The van der Waals surface area contributed by atoms with Gasteiger partial charge in [0.25, 0.3) is 0 Å². The molecule has 5 heteroatoms. The van der Waals surface area contributed by atoms with E-state index in [0.29, 0.717) is 12.2 Å². The first-order valence-corrected chi connectivity index (χ1v) is 3.41. The standard InChI is InChI=1S/C7H10N4O/c8-4-5-1-2-10-6(3-5)7(9)11-12/h1-3,12H,4,8H2,(H2,9,11). The summed E-state index contributed by atoms with van der Waals surface area (Å²) in [4.78, 5) is 3.89. The van der Waals surface area contributed by atoms with Crippen LogP contribution in [0.4, 0.5) is 0 Å². The molecule has 0 saturated heterocycles. The van der Waals surface area contributed by atoms with Gasteiger partial charge in [-0.3, -0.25) is 4.98 Å². The number of amidine groups is 1. The van der Waals surface area contributed by atoms with Crippen molar-refractivity contribution < 1.29 is 5.21 Å². The molecule has 0 saturated carbocycles. The predicted molar refractivity (Wildman–Crippen MR) is 44.6 cm³/mol. The first kappa shape index (κ1) is 8.48. The largest absolute Gasteiger partial charge is 0.409 e. The van der Waals surface area contributed by atoms with Crippen molar-refractivity contribution in [3.63, 3.8) is 0 Å². The van der Waals surface area contributed by atoms with Crippen molar-refractivity contribution in [1.82, 2.24) is 4.98 Å². The van der Waals surface area contributed by atoms with Gasteiger partial charge >= 0.3 is 0 Å². The number of aromatic nitrogens is 1. The molecular formula is C7H10N4O. The van der Waals surface area contributed by atoms with Crippen LogP contribution in [0.25, 0.3) is 0 Å². The molecule has 5 N–H and O–H groups in total. The third-order valence-electron chi connectivity index (χ3n) is 1.43. The molecule has 1 aromatic heterocycles. The average Bonchev–Trinajstić information content (AvgIpc) is 2.17. The molecule has 0 atom stereocenters. The minimum Gasteiger partial charge on any atom is -0.409 e. The Bertz CT molecular complexity index is 297. The Morgan fingerprint density at radius 1 is 1.67 bits per heavy atom. The van der Waals surface area contributed by atoms with Gasteiger partial charge < -0.3 is 16.7 Å². The topological polar surface area (TPSA) is 97.5 Å². The van der Waals surface area contributed by atoms with Crippen LogP contribution in [0.1, 0.15) is 11.3 Å². The van der Waals surface area contributed by atoms with Gasteiger partial charge in [-0.1, -0.05) is 5.16 Å². The predicted octanol–water partition coefficient (Wildman–Crippen LogP) is -0.365. The molecule has 1 rings (SSSR count). The molecule has 0 amide bonds. The van der Waals surface area contributed by atoms with Crippen LogP contribution in [0.15, 0.2) is 23.5 Å². The summed E-state index contributed by atoms with van der Waals surface area (Å²) < 4.78 is 0. The first-order chi connectivity index (χ1) is 5.77. The second-order valence-electron chi connectivity index (χ2n) is 2.24. The molecule has 1 aromatic rings. The van der Waals surface area contributed by atoms with Gasteiger partial charge in [-0.2, -0.15) is 0 Å². The van der Waals surface area contributed by atoms with Gasteiger partial charge in [0, 0.05) is 12.7 Å². The second-order valence-corrected chi connectivity index (χ2v) is 2.24. The number of rotatable bonds is 2. The monoisotopic (exact) mass is 166 g/mol. The van der Waals surface area contributed by atoms with Gasteiger partial charge in [0.2, 0.25) is 0 Å². The van der Waals surface area contributed by atoms with Crippen LogP contribution in [0, 0.1) is 0 Å². The van der Waals surface area contributed by atoms with E-state index in [1.165, 1.54) is 0 Å². The zero-order valence-corrected chi connectivity index (χ0v) is 6.44. The molecule has 12 heavy (non-hydrogen) atoms. The Balaban J connectivity index is 3.02. The molecule has 0 bridgehead atoms. The van der Waals surface area contributed by atoms with E-state index in [1.54, 1.807) is 18.3 Å². The van der Waals surface area contributed by atoms with Crippen LogP contribution >= 0.6 is 0 Å². The Morgan fingerprint density at radius 2 is 2.42 bits per heavy atom. The molecular weight excluding hydrogens is 156 g/mol. The zero-order chi connectivity index (χ0) is 8.97. The van der Waals surface area contributed by atoms with Crippen molar-refractivity contribution in [1.29, 1.82) is 0 Å². The van der Waals surface area contributed by atoms with Gasteiger partial charge in [-0.25, -0.2) is 0 Å². The van der Waals surface area contributed by atoms with Crippen LogP contribution in [0.5, 0.6) is 0 Å². The molecule has 0 aliphatic heterocycles. The summed E-state index contributed by atoms with van der Waals surface area (Å²) in [6.45, 7) is 0.411. The van der Waals surface area contributed by atoms with Crippen LogP contribution < -0.4 is 11.5 Å². The molecule has 5 nitrogen and oxygen atoms in total. The molecule has 0 aliphatic rings. The van der Waals surface area contributed by atoms with Gasteiger partial charge in [-0.15, -0.1) is 0 Å². The van der Waals surface area contributed by atoms with Crippen molar-refractivity contribution >= 4 is 5.84 Å². The highest BCUT2D eigenvalue weighted by Gasteiger charge is 2.00. The number of hydrogen-bond acceptors (Lipinski definition) is 4. The number of pyridine rings is 1. The zero-order valence-electron chi connectivity index (χ0n) is 6.44. The van der Waals surface area contributed by atoms with E-state index >= 15 is 0 Å². The van der Waals surface area contributed by atoms with Gasteiger partial charge in [-0.05, 0) is 17.7 Å². The summed E-state index contributed by atoms with van der Waals surface area (Å²) in [6, 6.07) is 3.45. The minimum atomic E-state index is -0.00898. The minimum absolute atomic E-state index is 0.00898. The molecule has 0 radical (unpaired) electrons. The number of oxime groups is 1. The fourth-order valence-corrected chi connectivity index (χ4v) is 0.793. The molecule has 0 aromatic carbocycles. The lowest BCUT2D eigenvalue weighted by Gasteiger charge is -1.99. The fraction of sp³-hybridized carbons (Fsp3) is 0.143. The van der Waals surface area contributed by atoms with E-state index in [2.05, 4.69) is 10.1 Å². The van der Waals surface area contributed by atoms with Crippen molar-refractivity contribution in [2.45, 2.75) is 6.54 Å². The summed E-state index contributed by atoms with van der Waals surface area (Å²) in [5.41, 5.74) is 12.0. The van der Waals surface area contributed by atoms with Crippen LogP contribution in [0.3, 0.4) is 0 Å². The summed E-state index contributed by atoms with van der Waals surface area (Å²) in [5, 5.41) is 11.2. The highest BCUT2D eigenvalue weighted by atomic mass is 16.4. The van der Waals surface area contributed by atoms with Crippen LogP contribution in [-0.4, -0.2) is 16.0 Å². The normalized spacial score (nSPS) is 11.6. The number of hydrogen-bond donors (Lipinski definition) is 3. The average molecular weight is 166 g/mol. The maximum atomic E-state index is 8.34. The summed E-state index contributed by atoms with van der Waals surface area (Å²) in [6.07, 6.45) is 1.57. The summed E-state index contributed by atoms with van der Waals surface area (Å²) >= 11 is 0. The summed E-state index contributed by atoms with van der Waals surface area (Å²) in [7, 11) is 0. The van der Waals surface area contributed by atoms with Crippen molar-refractivity contribution in [3.05, 3.63) is 29.6 Å². The van der Waals surface area contributed by atoms with Crippen LogP contribution in [-0.2, 0) is 6.54 Å². The van der Waals surface area contributed by atoms with E-state index in [1.807, 2.05) is 0 Å². The number of nitrogens with zero attached hydrogens (tertiary/aromatic N) is 2. The molecule has 0 aliphatic carbocycles. The van der Waals surface area contributed by atoms with E-state index < -0.39 is 0 Å². The van der Waals surface area contributed by atoms with E-state index in [-0.39, 0.29) is 5.84 Å².